The van der Waals surface area contributed by atoms with Gasteiger partial charge in [-0.15, -0.1) is 0 Å². The maximum atomic E-state index is 12.8. The number of amides is 1. The topological polar surface area (TPSA) is 106 Å². The molecule has 1 aliphatic carbocycles. The number of nitrogens with one attached hydrogen (secondary N) is 2. The summed E-state index contributed by atoms with van der Waals surface area (Å²) in [5.74, 6) is 0.979. The molecule has 3 aromatic heterocycles. The van der Waals surface area contributed by atoms with Gasteiger partial charge in [-0.1, -0.05) is 0 Å². The number of anilines is 1. The van der Waals surface area contributed by atoms with Gasteiger partial charge in [0.15, 0.2) is 0 Å². The lowest BCUT2D eigenvalue weighted by atomic mass is 10.1. The van der Waals surface area contributed by atoms with E-state index in [0.29, 0.717) is 28.3 Å². The molecule has 4 rings (SSSR count). The van der Waals surface area contributed by atoms with Gasteiger partial charge in [0, 0.05) is 11.7 Å². The second-order valence-corrected chi connectivity index (χ2v) is 6.96. The number of fused-ring (bicyclic) bond motifs is 1. The van der Waals surface area contributed by atoms with Crippen molar-refractivity contribution in [2.75, 3.05) is 5.32 Å². The molecule has 0 aromatic carbocycles. The van der Waals surface area contributed by atoms with Crippen molar-refractivity contribution >= 4 is 22.8 Å². The number of carbonyl (C=O) groups excluding carboxylic acids is 1. The maximum Gasteiger partial charge on any atom is 0.255 e. The molecule has 1 fully saturated rings. The second-order valence-electron chi connectivity index (χ2n) is 6.96. The number of hydrogen-bond acceptors (Lipinski definition) is 7. The molecule has 134 valence electrons. The number of rotatable bonds is 5. The van der Waals surface area contributed by atoms with Crippen molar-refractivity contribution in [3.05, 3.63) is 41.9 Å². The Bertz CT molecular complexity index is 964. The van der Waals surface area contributed by atoms with Crippen LogP contribution in [0.3, 0.4) is 0 Å². The molecule has 1 unspecified atom stereocenters. The molecule has 3 aromatic rings. The monoisotopic (exact) mass is 352 g/mol. The fourth-order valence-electron chi connectivity index (χ4n) is 2.81. The van der Waals surface area contributed by atoms with E-state index in [9.17, 15) is 4.79 Å². The summed E-state index contributed by atoms with van der Waals surface area (Å²) < 4.78 is 5.54. The highest BCUT2D eigenvalue weighted by Crippen LogP contribution is 2.39. The molecule has 1 atom stereocenters. The van der Waals surface area contributed by atoms with Crippen LogP contribution in [-0.2, 0) is 0 Å². The second kappa shape index (κ2) is 6.05. The largest absolute Gasteiger partial charge is 0.445 e. The average Bonchev–Trinajstić information content (AvgIpc) is 3.17. The van der Waals surface area contributed by atoms with E-state index in [4.69, 9.17) is 4.42 Å². The van der Waals surface area contributed by atoms with Crippen molar-refractivity contribution in [1.29, 1.82) is 0 Å². The number of aromatic nitrogens is 4. The molecule has 3 heterocycles. The Morgan fingerprint density at radius 3 is 2.85 bits per heavy atom. The van der Waals surface area contributed by atoms with Crippen molar-refractivity contribution in [3.8, 4) is 0 Å². The van der Waals surface area contributed by atoms with Crippen LogP contribution < -0.4 is 10.6 Å². The first kappa shape index (κ1) is 16.4. The predicted octanol–water partition coefficient (Wildman–Crippen LogP) is 2.78. The van der Waals surface area contributed by atoms with Gasteiger partial charge in [-0.25, -0.2) is 15.0 Å². The zero-order valence-electron chi connectivity index (χ0n) is 14.9. The van der Waals surface area contributed by atoms with Crippen LogP contribution in [0.2, 0.25) is 0 Å². The molecule has 0 radical (unpaired) electrons. The van der Waals surface area contributed by atoms with Gasteiger partial charge in [0.25, 0.3) is 5.91 Å². The van der Waals surface area contributed by atoms with Crippen molar-refractivity contribution in [2.24, 2.45) is 0 Å². The van der Waals surface area contributed by atoms with Gasteiger partial charge in [-0.05, 0) is 39.7 Å². The van der Waals surface area contributed by atoms with Gasteiger partial charge in [0.05, 0.1) is 22.7 Å². The average molecular weight is 352 g/mol. The van der Waals surface area contributed by atoms with E-state index in [0.717, 1.165) is 18.5 Å². The van der Waals surface area contributed by atoms with Gasteiger partial charge in [-0.3, -0.25) is 4.79 Å². The summed E-state index contributed by atoms with van der Waals surface area (Å²) in [6.07, 6.45) is 6.68. The third-order valence-corrected chi connectivity index (χ3v) is 4.61. The lowest BCUT2D eigenvalue weighted by Gasteiger charge is -2.15. The maximum absolute atomic E-state index is 12.8. The minimum absolute atomic E-state index is 0.0208. The lowest BCUT2D eigenvalue weighted by Crippen LogP contribution is -2.27. The SMILES string of the molecule is Cc1nc(NC2(C)CC2)c2c(C(=O)NC(C)c3ccncn3)coc2n1. The van der Waals surface area contributed by atoms with Crippen LogP contribution in [0.4, 0.5) is 5.82 Å². The summed E-state index contributed by atoms with van der Waals surface area (Å²) in [6, 6.07) is 1.51. The Kier molecular flexibility index (Phi) is 3.82. The zero-order chi connectivity index (χ0) is 18.3. The summed E-state index contributed by atoms with van der Waals surface area (Å²) in [4.78, 5) is 29.7. The van der Waals surface area contributed by atoms with Crippen molar-refractivity contribution < 1.29 is 9.21 Å². The highest BCUT2D eigenvalue weighted by atomic mass is 16.3. The number of carbonyl (C=O) groups is 1. The van der Waals surface area contributed by atoms with E-state index in [-0.39, 0.29) is 17.5 Å². The fraction of sp³-hybridized carbons (Fsp3) is 0.389. The third kappa shape index (κ3) is 3.10. The van der Waals surface area contributed by atoms with E-state index in [1.807, 2.05) is 6.92 Å². The van der Waals surface area contributed by atoms with Crippen molar-refractivity contribution in [2.45, 2.75) is 45.2 Å². The molecule has 1 aliphatic rings. The third-order valence-electron chi connectivity index (χ3n) is 4.61. The van der Waals surface area contributed by atoms with Crippen LogP contribution in [0.1, 0.15) is 54.6 Å². The van der Waals surface area contributed by atoms with Crippen LogP contribution in [0.25, 0.3) is 11.1 Å². The number of hydrogen-bond donors (Lipinski definition) is 2. The van der Waals surface area contributed by atoms with Gasteiger partial charge < -0.3 is 15.1 Å². The predicted molar refractivity (Wildman–Crippen MR) is 95.7 cm³/mol. The molecule has 0 bridgehead atoms. The molecule has 0 aliphatic heterocycles. The molecule has 1 saturated carbocycles. The zero-order valence-corrected chi connectivity index (χ0v) is 14.9. The Labute approximate surface area is 150 Å². The molecular formula is C18H20N6O2. The van der Waals surface area contributed by atoms with E-state index >= 15 is 0 Å². The van der Waals surface area contributed by atoms with Gasteiger partial charge in [0.1, 0.15) is 24.2 Å². The van der Waals surface area contributed by atoms with E-state index in [1.165, 1.54) is 12.6 Å². The van der Waals surface area contributed by atoms with Gasteiger partial charge >= 0.3 is 0 Å². The van der Waals surface area contributed by atoms with E-state index in [1.54, 1.807) is 19.2 Å². The molecule has 2 N–H and O–H groups in total. The number of furan rings is 1. The molecule has 0 spiro atoms. The molecule has 8 heteroatoms. The molecule has 8 nitrogen and oxygen atoms in total. The van der Waals surface area contributed by atoms with Crippen molar-refractivity contribution in [1.82, 2.24) is 25.3 Å². The van der Waals surface area contributed by atoms with E-state index < -0.39 is 0 Å². The van der Waals surface area contributed by atoms with Crippen LogP contribution in [0.5, 0.6) is 0 Å². The summed E-state index contributed by atoms with van der Waals surface area (Å²) >= 11 is 0. The first-order chi connectivity index (χ1) is 12.5. The normalized spacial score (nSPS) is 16.3. The molecule has 26 heavy (non-hydrogen) atoms. The molecule has 0 saturated heterocycles. The summed E-state index contributed by atoms with van der Waals surface area (Å²) in [5.41, 5.74) is 1.57. The Hall–Kier alpha value is -3.03. The van der Waals surface area contributed by atoms with Gasteiger partial charge in [-0.2, -0.15) is 4.98 Å². The Balaban J connectivity index is 1.66. The fourth-order valence-corrected chi connectivity index (χ4v) is 2.81. The summed E-state index contributed by atoms with van der Waals surface area (Å²) in [5, 5.41) is 6.98. The first-order valence-corrected chi connectivity index (χ1v) is 8.56. The smallest absolute Gasteiger partial charge is 0.255 e. The Morgan fingerprint density at radius 2 is 2.15 bits per heavy atom. The highest BCUT2D eigenvalue weighted by molar-refractivity contribution is 6.09. The summed E-state index contributed by atoms with van der Waals surface area (Å²) in [6.45, 7) is 5.81. The summed E-state index contributed by atoms with van der Waals surface area (Å²) in [7, 11) is 0. The van der Waals surface area contributed by atoms with E-state index in [2.05, 4.69) is 37.5 Å². The first-order valence-electron chi connectivity index (χ1n) is 8.56. The van der Waals surface area contributed by atoms with Crippen LogP contribution in [-0.4, -0.2) is 31.4 Å². The van der Waals surface area contributed by atoms with Crippen LogP contribution in [0.15, 0.2) is 29.3 Å². The standard InChI is InChI=1S/C18H20N6O2/c1-10(13-4-7-19-9-20-13)21-16(25)12-8-26-17-14(12)15(22-11(2)23-17)24-18(3)5-6-18/h4,7-10H,5-6H2,1-3H3,(H,21,25)(H,22,23,24). The Morgan fingerprint density at radius 1 is 1.35 bits per heavy atom. The highest BCUT2D eigenvalue weighted by Gasteiger charge is 2.38. The van der Waals surface area contributed by atoms with Crippen LogP contribution in [0, 0.1) is 6.92 Å². The minimum atomic E-state index is -0.265. The van der Waals surface area contributed by atoms with Crippen LogP contribution >= 0.6 is 0 Å². The minimum Gasteiger partial charge on any atom is -0.445 e. The quantitative estimate of drug-likeness (QED) is 0.727. The lowest BCUT2D eigenvalue weighted by molar-refractivity contribution is 0.0940. The van der Waals surface area contributed by atoms with Gasteiger partial charge in [0.2, 0.25) is 5.71 Å². The van der Waals surface area contributed by atoms with Crippen molar-refractivity contribution in [3.63, 3.8) is 0 Å². The molecule has 1 amide bonds. The molecular weight excluding hydrogens is 332 g/mol. The number of aryl methyl sites for hydroxylation is 1. The number of nitrogens with zero attached hydrogens (tertiary/aromatic N) is 4.